The van der Waals surface area contributed by atoms with E-state index in [1.54, 1.807) is 0 Å². The zero-order chi connectivity index (χ0) is 16.9. The van der Waals surface area contributed by atoms with E-state index in [1.807, 2.05) is 49.4 Å². The maximum absolute atomic E-state index is 11.9. The summed E-state index contributed by atoms with van der Waals surface area (Å²) in [5, 5.41) is 11.3. The Morgan fingerprint density at radius 1 is 1.17 bits per heavy atom. The maximum Gasteiger partial charge on any atom is 0.315 e. The van der Waals surface area contributed by atoms with Crippen molar-refractivity contribution in [2.24, 2.45) is 0 Å². The van der Waals surface area contributed by atoms with Gasteiger partial charge in [-0.3, -0.25) is 0 Å². The Hall–Kier alpha value is -2.53. The van der Waals surface area contributed by atoms with Crippen LogP contribution in [0.4, 0.5) is 4.79 Å². The molecule has 6 heteroatoms. The minimum absolute atomic E-state index is 0.229. The molecule has 3 rings (SSSR count). The number of nitrogens with zero attached hydrogens (tertiary/aromatic N) is 1. The summed E-state index contributed by atoms with van der Waals surface area (Å²) in [5.74, 6) is 0. The number of carbonyl (C=O) groups excluding carboxylic acids is 1. The van der Waals surface area contributed by atoms with Crippen LogP contribution in [0, 0.1) is 6.92 Å². The molecule has 3 aromatic rings. The third-order valence-electron chi connectivity index (χ3n) is 3.73. The van der Waals surface area contributed by atoms with Crippen molar-refractivity contribution in [1.82, 2.24) is 15.8 Å². The maximum atomic E-state index is 11.9. The second-order valence-electron chi connectivity index (χ2n) is 5.61. The third-order valence-corrected chi connectivity index (χ3v) is 3.98. The van der Waals surface area contributed by atoms with Gasteiger partial charge in [0.05, 0.1) is 6.54 Å². The minimum Gasteiger partial charge on any atom is -0.356 e. The molecule has 124 valence electrons. The van der Waals surface area contributed by atoms with E-state index in [1.165, 1.54) is 0 Å². The summed E-state index contributed by atoms with van der Waals surface area (Å²) in [5.41, 5.74) is 3.69. The van der Waals surface area contributed by atoms with Gasteiger partial charge in [0.25, 0.3) is 0 Å². The van der Waals surface area contributed by atoms with E-state index in [9.17, 15) is 4.79 Å². The van der Waals surface area contributed by atoms with Crippen molar-refractivity contribution < 1.29 is 9.32 Å². The number of aryl methyl sites for hydroxylation is 1. The van der Waals surface area contributed by atoms with Crippen LogP contribution in [0.25, 0.3) is 11.0 Å². The number of benzene rings is 2. The van der Waals surface area contributed by atoms with Crippen molar-refractivity contribution in [3.63, 3.8) is 0 Å². The molecule has 2 amide bonds. The fourth-order valence-corrected chi connectivity index (χ4v) is 2.55. The normalized spacial score (nSPS) is 10.8. The highest BCUT2D eigenvalue weighted by Gasteiger charge is 2.09. The number of rotatable bonds is 5. The van der Waals surface area contributed by atoms with Crippen LogP contribution in [0.15, 0.2) is 47.0 Å². The largest absolute Gasteiger partial charge is 0.356 e. The lowest BCUT2D eigenvalue weighted by Gasteiger charge is -2.07. The molecule has 0 aliphatic heterocycles. The number of carbonyl (C=O) groups is 1. The summed E-state index contributed by atoms with van der Waals surface area (Å²) >= 11 is 5.84. The summed E-state index contributed by atoms with van der Waals surface area (Å²) in [6, 6.07) is 13.2. The second kappa shape index (κ2) is 7.36. The first-order valence-corrected chi connectivity index (χ1v) is 8.10. The van der Waals surface area contributed by atoms with Crippen LogP contribution in [0.1, 0.15) is 16.8 Å². The highest BCUT2D eigenvalue weighted by molar-refractivity contribution is 6.30. The van der Waals surface area contributed by atoms with E-state index in [2.05, 4.69) is 15.8 Å². The smallest absolute Gasteiger partial charge is 0.315 e. The van der Waals surface area contributed by atoms with Crippen molar-refractivity contribution in [1.29, 1.82) is 0 Å². The number of nitrogens with one attached hydrogen (secondary N) is 2. The summed E-state index contributed by atoms with van der Waals surface area (Å²) in [6.07, 6.45) is 0.747. The number of hydrogen-bond acceptors (Lipinski definition) is 3. The number of urea groups is 1. The second-order valence-corrected chi connectivity index (χ2v) is 6.05. The van der Waals surface area contributed by atoms with Gasteiger partial charge in [0.1, 0.15) is 5.69 Å². The molecule has 0 spiro atoms. The molecule has 0 aliphatic rings. The molecule has 0 bridgehead atoms. The molecule has 5 nitrogen and oxygen atoms in total. The van der Waals surface area contributed by atoms with Gasteiger partial charge < -0.3 is 15.2 Å². The molecule has 0 atom stereocenters. The Labute approximate surface area is 145 Å². The van der Waals surface area contributed by atoms with Gasteiger partial charge in [-0.2, -0.15) is 0 Å². The third kappa shape index (κ3) is 4.06. The topological polar surface area (TPSA) is 67.2 Å². The minimum atomic E-state index is -0.229. The quantitative estimate of drug-likeness (QED) is 0.739. The van der Waals surface area contributed by atoms with Crippen molar-refractivity contribution >= 4 is 28.6 Å². The van der Waals surface area contributed by atoms with E-state index >= 15 is 0 Å². The highest BCUT2D eigenvalue weighted by Crippen LogP contribution is 2.19. The van der Waals surface area contributed by atoms with Crippen molar-refractivity contribution in [3.8, 4) is 0 Å². The molecule has 0 unspecified atom stereocenters. The lowest BCUT2D eigenvalue weighted by Crippen LogP contribution is -2.36. The molecule has 0 saturated heterocycles. The summed E-state index contributed by atoms with van der Waals surface area (Å²) in [4.78, 5) is 11.9. The highest BCUT2D eigenvalue weighted by atomic mass is 35.5. The van der Waals surface area contributed by atoms with Crippen LogP contribution in [0.3, 0.4) is 0 Å². The van der Waals surface area contributed by atoms with Gasteiger partial charge in [-0.25, -0.2) is 4.79 Å². The predicted molar refractivity (Wildman–Crippen MR) is 94.1 cm³/mol. The van der Waals surface area contributed by atoms with Gasteiger partial charge in [0, 0.05) is 17.0 Å². The Bertz CT molecular complexity index is 843. The molecule has 1 heterocycles. The predicted octanol–water partition coefficient (Wildman–Crippen LogP) is 3.83. The molecule has 1 aromatic heterocycles. The Kier molecular flexibility index (Phi) is 5.01. The van der Waals surface area contributed by atoms with E-state index < -0.39 is 0 Å². The zero-order valence-corrected chi connectivity index (χ0v) is 14.1. The van der Waals surface area contributed by atoms with E-state index in [-0.39, 0.29) is 6.03 Å². The Balaban J connectivity index is 1.48. The van der Waals surface area contributed by atoms with Crippen molar-refractivity contribution in [2.75, 3.05) is 6.54 Å². The van der Waals surface area contributed by atoms with Gasteiger partial charge in [-0.05, 0) is 43.2 Å². The summed E-state index contributed by atoms with van der Waals surface area (Å²) in [6.45, 7) is 2.88. The molecule has 2 aromatic carbocycles. The molecule has 0 radical (unpaired) electrons. The van der Waals surface area contributed by atoms with Crippen molar-refractivity contribution in [2.45, 2.75) is 19.9 Å². The fraction of sp³-hybridized carbons (Fsp3) is 0.222. The van der Waals surface area contributed by atoms with Crippen LogP contribution in [0.5, 0.6) is 0 Å². The fourth-order valence-electron chi connectivity index (χ4n) is 2.43. The Morgan fingerprint density at radius 3 is 2.75 bits per heavy atom. The van der Waals surface area contributed by atoms with Crippen LogP contribution in [0.2, 0.25) is 5.02 Å². The first-order valence-electron chi connectivity index (χ1n) is 7.73. The van der Waals surface area contributed by atoms with Gasteiger partial charge >= 0.3 is 6.03 Å². The molecule has 0 saturated carbocycles. The van der Waals surface area contributed by atoms with E-state index in [4.69, 9.17) is 16.1 Å². The first-order chi connectivity index (χ1) is 11.6. The number of fused-ring (bicyclic) bond motifs is 1. The lowest BCUT2D eigenvalue weighted by atomic mass is 10.1. The van der Waals surface area contributed by atoms with Crippen molar-refractivity contribution in [3.05, 3.63) is 64.3 Å². The summed E-state index contributed by atoms with van der Waals surface area (Å²) < 4.78 is 5.25. The van der Waals surface area contributed by atoms with Crippen LogP contribution in [-0.4, -0.2) is 17.7 Å². The lowest BCUT2D eigenvalue weighted by molar-refractivity contribution is 0.240. The first kappa shape index (κ1) is 16.3. The van der Waals surface area contributed by atoms with Crippen LogP contribution < -0.4 is 10.6 Å². The number of amides is 2. The molecule has 0 fully saturated rings. The monoisotopic (exact) mass is 343 g/mol. The Morgan fingerprint density at radius 2 is 1.96 bits per heavy atom. The standard InChI is InChI=1S/C18H18ClN3O2/c1-12-2-7-17-15(10-12)16(22-24-17)11-21-18(23)20-9-8-13-3-5-14(19)6-4-13/h2-7,10H,8-9,11H2,1H3,(H2,20,21,23). The zero-order valence-electron chi connectivity index (χ0n) is 13.3. The molecule has 24 heavy (non-hydrogen) atoms. The van der Waals surface area contributed by atoms with Gasteiger partial charge in [-0.15, -0.1) is 0 Å². The number of hydrogen-bond donors (Lipinski definition) is 2. The van der Waals surface area contributed by atoms with E-state index in [0.717, 1.165) is 34.2 Å². The average Bonchev–Trinajstić information content (AvgIpc) is 2.97. The SMILES string of the molecule is Cc1ccc2onc(CNC(=O)NCCc3ccc(Cl)cc3)c2c1. The van der Waals surface area contributed by atoms with Crippen LogP contribution >= 0.6 is 11.6 Å². The average molecular weight is 344 g/mol. The van der Waals surface area contributed by atoms with E-state index in [0.29, 0.717) is 18.1 Å². The molecule has 2 N–H and O–H groups in total. The van der Waals surface area contributed by atoms with Gasteiger partial charge in [0.2, 0.25) is 0 Å². The van der Waals surface area contributed by atoms with Gasteiger partial charge in [0.15, 0.2) is 5.58 Å². The molecular formula is C18H18ClN3O2. The van der Waals surface area contributed by atoms with Gasteiger partial charge in [-0.1, -0.05) is 40.5 Å². The van der Waals surface area contributed by atoms with Crippen LogP contribution in [-0.2, 0) is 13.0 Å². The molecular weight excluding hydrogens is 326 g/mol. The number of aromatic nitrogens is 1. The molecule has 0 aliphatic carbocycles. The number of halogens is 1. The summed E-state index contributed by atoms with van der Waals surface area (Å²) in [7, 11) is 0.